The SMILES string of the molecule is CN1CCCC(NC(=O)c2ccc(C#N)cc2)C1. The molecule has 94 valence electrons. The molecule has 1 aromatic rings. The van der Waals surface area contributed by atoms with E-state index in [1.165, 1.54) is 0 Å². The molecule has 0 spiro atoms. The Morgan fingerprint density at radius 2 is 2.17 bits per heavy atom. The Hall–Kier alpha value is -1.86. The molecule has 1 saturated heterocycles. The fraction of sp³-hybridized carbons (Fsp3) is 0.429. The minimum atomic E-state index is -0.0558. The third kappa shape index (κ3) is 3.08. The second kappa shape index (κ2) is 5.65. The van der Waals surface area contributed by atoms with Gasteiger partial charge in [0.25, 0.3) is 5.91 Å². The average molecular weight is 243 g/mol. The number of benzene rings is 1. The van der Waals surface area contributed by atoms with Gasteiger partial charge in [-0.3, -0.25) is 4.79 Å². The van der Waals surface area contributed by atoms with Gasteiger partial charge in [-0.2, -0.15) is 5.26 Å². The Morgan fingerprint density at radius 1 is 1.44 bits per heavy atom. The Bertz CT molecular complexity index is 461. The molecule has 18 heavy (non-hydrogen) atoms. The summed E-state index contributed by atoms with van der Waals surface area (Å²) in [6, 6.07) is 9.00. The van der Waals surface area contributed by atoms with Gasteiger partial charge in [-0.15, -0.1) is 0 Å². The van der Waals surface area contributed by atoms with Gasteiger partial charge in [-0.25, -0.2) is 0 Å². The van der Waals surface area contributed by atoms with E-state index in [4.69, 9.17) is 5.26 Å². The third-order valence-corrected chi connectivity index (χ3v) is 3.24. The molecule has 1 amide bonds. The number of nitriles is 1. The van der Waals surface area contributed by atoms with Crippen LogP contribution in [0.4, 0.5) is 0 Å². The van der Waals surface area contributed by atoms with Crippen LogP contribution in [0.2, 0.25) is 0 Å². The van der Waals surface area contributed by atoms with Crippen molar-refractivity contribution >= 4 is 5.91 Å². The van der Waals surface area contributed by atoms with Crippen LogP contribution in [-0.2, 0) is 0 Å². The molecule has 1 aliphatic rings. The summed E-state index contributed by atoms with van der Waals surface area (Å²) in [5, 5.41) is 11.7. The van der Waals surface area contributed by atoms with E-state index in [1.807, 2.05) is 6.07 Å². The van der Waals surface area contributed by atoms with Gasteiger partial charge in [0.1, 0.15) is 0 Å². The summed E-state index contributed by atoms with van der Waals surface area (Å²) in [6.07, 6.45) is 2.15. The van der Waals surface area contributed by atoms with Crippen molar-refractivity contribution in [1.29, 1.82) is 5.26 Å². The predicted octanol–water partition coefficient (Wildman–Crippen LogP) is 1.38. The number of likely N-dealkylation sites (tertiary alicyclic amines) is 1. The van der Waals surface area contributed by atoms with Crippen LogP contribution >= 0.6 is 0 Å². The maximum Gasteiger partial charge on any atom is 0.251 e. The van der Waals surface area contributed by atoms with Gasteiger partial charge in [0.15, 0.2) is 0 Å². The lowest BCUT2D eigenvalue weighted by Crippen LogP contribution is -2.46. The summed E-state index contributed by atoms with van der Waals surface area (Å²) >= 11 is 0. The molecule has 1 aromatic carbocycles. The van der Waals surface area contributed by atoms with E-state index in [2.05, 4.69) is 17.3 Å². The van der Waals surface area contributed by atoms with Crippen molar-refractivity contribution in [2.24, 2.45) is 0 Å². The number of likely N-dealkylation sites (N-methyl/N-ethyl adjacent to an activating group) is 1. The molecule has 1 fully saturated rings. The zero-order chi connectivity index (χ0) is 13.0. The molecule has 1 unspecified atom stereocenters. The van der Waals surface area contributed by atoms with E-state index >= 15 is 0 Å². The molecule has 1 heterocycles. The predicted molar refractivity (Wildman–Crippen MR) is 69.1 cm³/mol. The number of rotatable bonds is 2. The number of carbonyl (C=O) groups excluding carboxylic acids is 1. The second-order valence-electron chi connectivity index (χ2n) is 4.76. The fourth-order valence-corrected chi connectivity index (χ4v) is 2.25. The number of amides is 1. The number of nitrogens with zero attached hydrogens (tertiary/aromatic N) is 2. The monoisotopic (exact) mass is 243 g/mol. The van der Waals surface area contributed by atoms with Gasteiger partial charge in [-0.1, -0.05) is 0 Å². The van der Waals surface area contributed by atoms with E-state index < -0.39 is 0 Å². The zero-order valence-corrected chi connectivity index (χ0v) is 10.5. The van der Waals surface area contributed by atoms with Crippen LogP contribution in [0.1, 0.15) is 28.8 Å². The number of hydrogen-bond donors (Lipinski definition) is 1. The van der Waals surface area contributed by atoms with Crippen LogP contribution in [0.25, 0.3) is 0 Å². The Labute approximate surface area is 107 Å². The third-order valence-electron chi connectivity index (χ3n) is 3.24. The largest absolute Gasteiger partial charge is 0.348 e. The van der Waals surface area contributed by atoms with E-state index in [9.17, 15) is 4.79 Å². The summed E-state index contributed by atoms with van der Waals surface area (Å²) in [4.78, 5) is 14.2. The topological polar surface area (TPSA) is 56.1 Å². The van der Waals surface area contributed by atoms with Gasteiger partial charge < -0.3 is 10.2 Å². The van der Waals surface area contributed by atoms with Crippen LogP contribution in [-0.4, -0.2) is 37.0 Å². The van der Waals surface area contributed by atoms with Crippen LogP contribution in [0.15, 0.2) is 24.3 Å². The number of nitrogens with one attached hydrogen (secondary N) is 1. The molecule has 0 saturated carbocycles. The van der Waals surface area contributed by atoms with Crippen molar-refractivity contribution in [2.45, 2.75) is 18.9 Å². The van der Waals surface area contributed by atoms with Crippen molar-refractivity contribution < 1.29 is 4.79 Å². The van der Waals surface area contributed by atoms with Gasteiger partial charge in [0.05, 0.1) is 11.6 Å². The smallest absolute Gasteiger partial charge is 0.251 e. The quantitative estimate of drug-likeness (QED) is 0.853. The molecule has 0 aromatic heterocycles. The van der Waals surface area contributed by atoms with Gasteiger partial charge in [0, 0.05) is 18.2 Å². The molecule has 4 nitrogen and oxygen atoms in total. The maximum atomic E-state index is 12.0. The molecule has 0 radical (unpaired) electrons. The van der Waals surface area contributed by atoms with E-state index in [1.54, 1.807) is 24.3 Å². The Kier molecular flexibility index (Phi) is 3.96. The molecule has 2 rings (SSSR count). The highest BCUT2D eigenvalue weighted by Gasteiger charge is 2.19. The van der Waals surface area contributed by atoms with Crippen molar-refractivity contribution in [2.75, 3.05) is 20.1 Å². The van der Waals surface area contributed by atoms with Crippen molar-refractivity contribution in [3.63, 3.8) is 0 Å². The van der Waals surface area contributed by atoms with Gasteiger partial charge >= 0.3 is 0 Å². The van der Waals surface area contributed by atoms with Crippen molar-refractivity contribution in [3.8, 4) is 6.07 Å². The van der Waals surface area contributed by atoms with Crippen molar-refractivity contribution in [3.05, 3.63) is 35.4 Å². The van der Waals surface area contributed by atoms with Crippen LogP contribution in [0.3, 0.4) is 0 Å². The molecule has 1 aliphatic heterocycles. The summed E-state index contributed by atoms with van der Waals surface area (Å²) < 4.78 is 0. The molecular formula is C14H17N3O. The first-order valence-electron chi connectivity index (χ1n) is 6.18. The Morgan fingerprint density at radius 3 is 2.78 bits per heavy atom. The number of piperidine rings is 1. The highest BCUT2D eigenvalue weighted by atomic mass is 16.1. The lowest BCUT2D eigenvalue weighted by atomic mass is 10.1. The van der Waals surface area contributed by atoms with Gasteiger partial charge in [-0.05, 0) is 50.7 Å². The molecule has 0 bridgehead atoms. The molecule has 1 atom stereocenters. The minimum absolute atomic E-state index is 0.0558. The fourth-order valence-electron chi connectivity index (χ4n) is 2.25. The van der Waals surface area contributed by atoms with E-state index in [0.717, 1.165) is 25.9 Å². The van der Waals surface area contributed by atoms with Crippen molar-refractivity contribution in [1.82, 2.24) is 10.2 Å². The molecule has 4 heteroatoms. The maximum absolute atomic E-state index is 12.0. The normalized spacial score (nSPS) is 20.1. The van der Waals surface area contributed by atoms with Crippen LogP contribution < -0.4 is 5.32 Å². The van der Waals surface area contributed by atoms with E-state index in [-0.39, 0.29) is 11.9 Å². The minimum Gasteiger partial charge on any atom is -0.348 e. The summed E-state index contributed by atoms with van der Waals surface area (Å²) in [5.41, 5.74) is 1.19. The Balaban J connectivity index is 1.96. The standard InChI is InChI=1S/C14H17N3O/c1-17-8-2-3-13(10-17)16-14(18)12-6-4-11(9-15)5-7-12/h4-7,13H,2-3,8,10H2,1H3,(H,16,18). The molecule has 0 aliphatic carbocycles. The number of hydrogen-bond acceptors (Lipinski definition) is 3. The zero-order valence-electron chi connectivity index (χ0n) is 10.5. The average Bonchev–Trinajstić information content (AvgIpc) is 2.39. The first kappa shape index (κ1) is 12.6. The molecule has 1 N–H and O–H groups in total. The first-order valence-corrected chi connectivity index (χ1v) is 6.18. The van der Waals surface area contributed by atoms with Crippen LogP contribution in [0, 0.1) is 11.3 Å². The first-order chi connectivity index (χ1) is 8.69. The van der Waals surface area contributed by atoms with Crippen LogP contribution in [0.5, 0.6) is 0 Å². The highest BCUT2D eigenvalue weighted by Crippen LogP contribution is 2.09. The van der Waals surface area contributed by atoms with Gasteiger partial charge in [0.2, 0.25) is 0 Å². The summed E-state index contributed by atoms with van der Waals surface area (Å²) in [6.45, 7) is 2.01. The second-order valence-corrected chi connectivity index (χ2v) is 4.76. The highest BCUT2D eigenvalue weighted by molar-refractivity contribution is 5.94. The van der Waals surface area contributed by atoms with E-state index in [0.29, 0.717) is 11.1 Å². The summed E-state index contributed by atoms with van der Waals surface area (Å²) in [5.74, 6) is -0.0558. The summed E-state index contributed by atoms with van der Waals surface area (Å²) in [7, 11) is 2.07. The molecular weight excluding hydrogens is 226 g/mol. The lowest BCUT2D eigenvalue weighted by molar-refractivity contribution is 0.0912. The lowest BCUT2D eigenvalue weighted by Gasteiger charge is -2.30. The number of carbonyl (C=O) groups is 1.